The molecule has 30 heavy (non-hydrogen) atoms. The second-order valence-electron chi connectivity index (χ2n) is 13.0. The minimum Gasteiger partial charge on any atom is -0.430 e. The van der Waals surface area contributed by atoms with Crippen LogP contribution in [-0.4, -0.2) is 39.8 Å². The van der Waals surface area contributed by atoms with Gasteiger partial charge in [-0.1, -0.05) is 27.2 Å². The Morgan fingerprint density at radius 1 is 1.00 bits per heavy atom. The van der Waals surface area contributed by atoms with Crippen LogP contribution in [-0.2, 0) is 14.3 Å². The summed E-state index contributed by atoms with van der Waals surface area (Å²) in [7, 11) is 0. The second-order valence-corrected chi connectivity index (χ2v) is 13.0. The number of rotatable bonds is 1. The molecule has 4 saturated carbocycles. The molecule has 2 aliphatic heterocycles. The van der Waals surface area contributed by atoms with E-state index in [-0.39, 0.29) is 16.7 Å². The van der Waals surface area contributed by atoms with Crippen LogP contribution >= 0.6 is 0 Å². The normalized spacial score (nSPS) is 63.4. The summed E-state index contributed by atoms with van der Waals surface area (Å²) in [5.41, 5.74) is -3.26. The summed E-state index contributed by atoms with van der Waals surface area (Å²) in [6, 6.07) is 0. The van der Waals surface area contributed by atoms with Gasteiger partial charge < -0.3 is 19.7 Å². The Balaban J connectivity index is 1.56. The Labute approximate surface area is 179 Å². The lowest BCUT2D eigenvalue weighted by atomic mass is 9.41. The molecular weight excluding hydrogens is 380 g/mol. The van der Waals surface area contributed by atoms with E-state index in [0.29, 0.717) is 36.7 Å². The van der Waals surface area contributed by atoms with Gasteiger partial charge in [0.25, 0.3) is 0 Å². The highest BCUT2D eigenvalue weighted by Gasteiger charge is 2.91. The van der Waals surface area contributed by atoms with E-state index in [0.717, 1.165) is 38.5 Å². The quantitative estimate of drug-likeness (QED) is 0.634. The smallest absolute Gasteiger partial charge is 0.341 e. The van der Waals surface area contributed by atoms with E-state index in [9.17, 15) is 15.0 Å². The first kappa shape index (κ1) is 20.0. The average Bonchev–Trinajstić information content (AvgIpc) is 3.16. The van der Waals surface area contributed by atoms with Gasteiger partial charge in [0.15, 0.2) is 5.60 Å². The van der Waals surface area contributed by atoms with Crippen LogP contribution < -0.4 is 0 Å². The largest absolute Gasteiger partial charge is 0.430 e. The highest BCUT2D eigenvalue weighted by molar-refractivity contribution is 5.84. The molecule has 1 spiro atoms. The van der Waals surface area contributed by atoms with Crippen LogP contribution in [0.2, 0.25) is 0 Å². The molecule has 6 aliphatic rings. The highest BCUT2D eigenvalue weighted by Crippen LogP contribution is 2.86. The van der Waals surface area contributed by atoms with E-state index in [2.05, 4.69) is 20.8 Å². The zero-order valence-electron chi connectivity index (χ0n) is 19.2. The molecule has 0 bridgehead atoms. The lowest BCUT2D eigenvalue weighted by Crippen LogP contribution is -2.69. The number of carbonyl (C=O) groups is 1. The highest BCUT2D eigenvalue weighted by atomic mass is 16.7. The van der Waals surface area contributed by atoms with E-state index >= 15 is 0 Å². The Hall–Kier alpha value is -0.650. The molecule has 0 unspecified atom stereocenters. The lowest BCUT2D eigenvalue weighted by molar-refractivity contribution is -0.295. The summed E-state index contributed by atoms with van der Waals surface area (Å²) in [6.07, 6.45) is 7.23. The number of ether oxygens (including phenoxy) is 2. The fourth-order valence-corrected chi connectivity index (χ4v) is 10.1. The maximum absolute atomic E-state index is 13.2. The van der Waals surface area contributed by atoms with Crippen LogP contribution in [0.4, 0.5) is 0 Å². The molecule has 168 valence electrons. The van der Waals surface area contributed by atoms with Gasteiger partial charge in [-0.2, -0.15) is 0 Å². The fourth-order valence-electron chi connectivity index (χ4n) is 10.1. The summed E-state index contributed by atoms with van der Waals surface area (Å²) in [4.78, 5) is 13.2. The number of aliphatic hydroxyl groups is 2. The van der Waals surface area contributed by atoms with E-state index in [1.807, 2.05) is 6.92 Å². The van der Waals surface area contributed by atoms with Crippen molar-refractivity contribution in [1.82, 2.24) is 0 Å². The molecule has 4 aliphatic carbocycles. The summed E-state index contributed by atoms with van der Waals surface area (Å²) in [5, 5.41) is 23.4. The van der Waals surface area contributed by atoms with Crippen molar-refractivity contribution in [2.45, 2.75) is 103 Å². The van der Waals surface area contributed by atoms with E-state index < -0.39 is 28.4 Å². The second kappa shape index (κ2) is 5.12. The first-order valence-electron chi connectivity index (χ1n) is 12.1. The lowest BCUT2D eigenvalue weighted by Gasteiger charge is -2.63. The average molecular weight is 419 g/mol. The van der Waals surface area contributed by atoms with Crippen LogP contribution in [0.1, 0.15) is 86.0 Å². The van der Waals surface area contributed by atoms with Gasteiger partial charge in [0.2, 0.25) is 5.79 Å². The Kier molecular flexibility index (Phi) is 3.41. The summed E-state index contributed by atoms with van der Waals surface area (Å²) in [6.45, 7) is 11.1. The van der Waals surface area contributed by atoms with Gasteiger partial charge in [0.1, 0.15) is 0 Å². The van der Waals surface area contributed by atoms with Crippen LogP contribution in [0.3, 0.4) is 0 Å². The van der Waals surface area contributed by atoms with Gasteiger partial charge in [-0.15, -0.1) is 0 Å². The molecule has 2 saturated heterocycles. The fraction of sp³-hybridized carbons (Fsp3) is 0.960. The van der Waals surface area contributed by atoms with E-state index in [1.54, 1.807) is 6.92 Å². The number of esters is 1. The van der Waals surface area contributed by atoms with Crippen LogP contribution in [0.25, 0.3) is 0 Å². The molecule has 0 aromatic heterocycles. The van der Waals surface area contributed by atoms with Crippen molar-refractivity contribution in [3.05, 3.63) is 0 Å². The monoisotopic (exact) mass is 418 g/mol. The first-order valence-corrected chi connectivity index (χ1v) is 12.1. The predicted octanol–water partition coefficient (Wildman–Crippen LogP) is 3.80. The van der Waals surface area contributed by atoms with Gasteiger partial charge >= 0.3 is 5.97 Å². The Bertz CT molecular complexity index is 833. The third-order valence-corrected chi connectivity index (χ3v) is 11.7. The summed E-state index contributed by atoms with van der Waals surface area (Å²) < 4.78 is 12.7. The van der Waals surface area contributed by atoms with Crippen molar-refractivity contribution < 1.29 is 24.5 Å². The molecule has 0 amide bonds. The maximum Gasteiger partial charge on any atom is 0.341 e. The van der Waals surface area contributed by atoms with Crippen LogP contribution in [0.15, 0.2) is 0 Å². The molecule has 5 heteroatoms. The Morgan fingerprint density at radius 3 is 2.37 bits per heavy atom. The van der Waals surface area contributed by atoms with E-state index in [1.165, 1.54) is 0 Å². The van der Waals surface area contributed by atoms with E-state index in [4.69, 9.17) is 9.47 Å². The van der Waals surface area contributed by atoms with Crippen molar-refractivity contribution in [3.8, 4) is 0 Å². The zero-order chi connectivity index (χ0) is 21.6. The third kappa shape index (κ3) is 1.78. The van der Waals surface area contributed by atoms with Gasteiger partial charge in [-0.25, -0.2) is 4.79 Å². The molecule has 0 aromatic rings. The SMILES string of the molecule is CC(C)[C@]12CC[C@]3(CO[C@@]45C[C@@]6(C)CCC[C@@](C)(O)[C@@H]6C[C@]43[C@](C)(O)C(=O)O5)[C@H]1C2. The summed E-state index contributed by atoms with van der Waals surface area (Å²) >= 11 is 0. The topological polar surface area (TPSA) is 76.0 Å². The van der Waals surface area contributed by atoms with Gasteiger partial charge in [0.05, 0.1) is 17.6 Å². The molecule has 6 rings (SSSR count). The number of fused-ring (bicyclic) bond motifs is 3. The molecule has 0 aromatic carbocycles. The summed E-state index contributed by atoms with van der Waals surface area (Å²) in [5.74, 6) is -0.499. The van der Waals surface area contributed by atoms with Crippen molar-refractivity contribution in [2.75, 3.05) is 6.61 Å². The Morgan fingerprint density at radius 2 is 1.73 bits per heavy atom. The van der Waals surface area contributed by atoms with Crippen molar-refractivity contribution in [1.29, 1.82) is 0 Å². The number of hydrogen-bond acceptors (Lipinski definition) is 5. The first-order chi connectivity index (χ1) is 13.8. The van der Waals surface area contributed by atoms with Crippen molar-refractivity contribution in [2.24, 2.45) is 39.4 Å². The molecule has 2 N–H and O–H groups in total. The predicted molar refractivity (Wildman–Crippen MR) is 110 cm³/mol. The molecule has 9 atom stereocenters. The van der Waals surface area contributed by atoms with Crippen LogP contribution in [0.5, 0.6) is 0 Å². The van der Waals surface area contributed by atoms with Gasteiger partial charge in [-0.3, -0.25) is 0 Å². The molecule has 0 radical (unpaired) electrons. The minimum atomic E-state index is -1.59. The van der Waals surface area contributed by atoms with Gasteiger partial charge in [-0.05, 0) is 81.0 Å². The molecule has 2 heterocycles. The van der Waals surface area contributed by atoms with Gasteiger partial charge in [0, 0.05) is 11.8 Å². The van der Waals surface area contributed by atoms with Crippen molar-refractivity contribution in [3.63, 3.8) is 0 Å². The third-order valence-electron chi connectivity index (χ3n) is 11.7. The molecule has 5 nitrogen and oxygen atoms in total. The molecule has 6 fully saturated rings. The number of carbonyl (C=O) groups excluding carboxylic acids is 1. The maximum atomic E-state index is 13.2. The van der Waals surface area contributed by atoms with Crippen molar-refractivity contribution >= 4 is 5.97 Å². The minimum absolute atomic E-state index is 0.0271. The zero-order valence-corrected chi connectivity index (χ0v) is 19.2. The van der Waals surface area contributed by atoms with Crippen LogP contribution in [0, 0.1) is 39.4 Å². The molecular formula is C25H38O5. The number of hydrogen-bond donors (Lipinski definition) is 2. The standard InChI is InChI=1S/C25H38O5/c1-15(2)22-9-10-23(17(22)11-22)14-29-25-13-19(3)7-6-8-20(4,27)16(19)12-24(23,25)21(5,28)18(26)30-25/h15-17,27-28H,6-14H2,1-5H3/t16-,17+,19-,20-,21-,22-,23+,24-,25-/m1/s1.